The Balaban J connectivity index is 2.33. The smallest absolute Gasteiger partial charge is 0.239 e. The summed E-state index contributed by atoms with van der Waals surface area (Å²) in [4.78, 5) is 21.3. The van der Waals surface area contributed by atoms with E-state index in [1.807, 2.05) is 6.92 Å². The van der Waals surface area contributed by atoms with Gasteiger partial charge in [0.15, 0.2) is 0 Å². The Labute approximate surface area is 83.2 Å². The van der Waals surface area contributed by atoms with Gasteiger partial charge in [-0.2, -0.15) is 0 Å². The van der Waals surface area contributed by atoms with Gasteiger partial charge in [0.05, 0.1) is 6.54 Å². The lowest BCUT2D eigenvalue weighted by Crippen LogP contribution is -2.51. The van der Waals surface area contributed by atoms with Gasteiger partial charge in [0.2, 0.25) is 12.3 Å². The van der Waals surface area contributed by atoms with Crippen LogP contribution >= 0.6 is 0 Å². The summed E-state index contributed by atoms with van der Waals surface area (Å²) in [5.41, 5.74) is -0.181. The Morgan fingerprint density at radius 1 is 1.50 bits per heavy atom. The van der Waals surface area contributed by atoms with Crippen LogP contribution in [0.15, 0.2) is 0 Å². The topological polar surface area (TPSA) is 67.4 Å². The van der Waals surface area contributed by atoms with Gasteiger partial charge in [0.25, 0.3) is 0 Å². The van der Waals surface area contributed by atoms with Gasteiger partial charge in [-0.05, 0) is 19.8 Å². The minimum atomic E-state index is -0.181. The van der Waals surface area contributed by atoms with Crippen molar-refractivity contribution in [1.29, 1.82) is 0 Å². The fourth-order valence-electron chi connectivity index (χ4n) is 1.46. The van der Waals surface area contributed by atoms with Crippen LogP contribution in [0.25, 0.3) is 0 Å². The first kappa shape index (κ1) is 11.0. The van der Waals surface area contributed by atoms with Crippen molar-refractivity contribution >= 4 is 12.3 Å². The molecule has 0 aromatic rings. The maximum atomic E-state index is 11.3. The average Bonchev–Trinajstić information content (AvgIpc) is 2.15. The quantitative estimate of drug-likeness (QED) is 0.596. The summed E-state index contributed by atoms with van der Waals surface area (Å²) in [5, 5.41) is 5.22. The van der Waals surface area contributed by atoms with E-state index in [4.69, 9.17) is 4.74 Å². The maximum Gasteiger partial charge on any atom is 0.239 e. The molecule has 2 N–H and O–H groups in total. The van der Waals surface area contributed by atoms with Gasteiger partial charge >= 0.3 is 0 Å². The first-order chi connectivity index (χ1) is 6.66. The van der Waals surface area contributed by atoms with Gasteiger partial charge in [-0.3, -0.25) is 9.59 Å². The zero-order chi connectivity index (χ0) is 10.4. The minimum Gasteiger partial charge on any atom is -0.381 e. The Bertz CT molecular complexity index is 212. The molecule has 0 aromatic carbocycles. The van der Waals surface area contributed by atoms with E-state index in [-0.39, 0.29) is 18.0 Å². The second kappa shape index (κ2) is 4.95. The third-order valence-corrected chi connectivity index (χ3v) is 2.38. The molecule has 1 heterocycles. The fourth-order valence-corrected chi connectivity index (χ4v) is 1.46. The van der Waals surface area contributed by atoms with Crippen molar-refractivity contribution in [2.75, 3.05) is 19.8 Å². The lowest BCUT2D eigenvalue weighted by Gasteiger charge is -2.34. The second-order valence-corrected chi connectivity index (χ2v) is 3.72. The van der Waals surface area contributed by atoms with Crippen molar-refractivity contribution in [3.05, 3.63) is 0 Å². The van der Waals surface area contributed by atoms with Crippen molar-refractivity contribution in [1.82, 2.24) is 10.6 Å². The third-order valence-electron chi connectivity index (χ3n) is 2.38. The van der Waals surface area contributed by atoms with Crippen molar-refractivity contribution in [3.8, 4) is 0 Å². The molecule has 0 spiro atoms. The molecule has 0 saturated carbocycles. The van der Waals surface area contributed by atoms with Crippen molar-refractivity contribution in [3.63, 3.8) is 0 Å². The summed E-state index contributed by atoms with van der Waals surface area (Å²) in [6.45, 7) is 3.39. The van der Waals surface area contributed by atoms with E-state index in [0.717, 1.165) is 12.8 Å². The zero-order valence-corrected chi connectivity index (χ0v) is 8.34. The van der Waals surface area contributed by atoms with Crippen LogP contribution in [0.5, 0.6) is 0 Å². The highest BCUT2D eigenvalue weighted by atomic mass is 16.5. The largest absolute Gasteiger partial charge is 0.381 e. The van der Waals surface area contributed by atoms with E-state index in [1.54, 1.807) is 0 Å². The number of carbonyl (C=O) groups is 2. The monoisotopic (exact) mass is 200 g/mol. The Morgan fingerprint density at radius 3 is 2.71 bits per heavy atom. The third kappa shape index (κ3) is 3.33. The van der Waals surface area contributed by atoms with E-state index in [2.05, 4.69) is 10.6 Å². The van der Waals surface area contributed by atoms with E-state index in [1.165, 1.54) is 0 Å². The van der Waals surface area contributed by atoms with Gasteiger partial charge in [0, 0.05) is 18.8 Å². The maximum absolute atomic E-state index is 11.3. The highest BCUT2D eigenvalue weighted by Gasteiger charge is 2.28. The molecule has 0 radical (unpaired) electrons. The summed E-state index contributed by atoms with van der Waals surface area (Å²) >= 11 is 0. The van der Waals surface area contributed by atoms with Crippen LogP contribution in [0, 0.1) is 0 Å². The van der Waals surface area contributed by atoms with Crippen molar-refractivity contribution < 1.29 is 14.3 Å². The minimum absolute atomic E-state index is 0.0416. The molecular formula is C9H16N2O3. The average molecular weight is 200 g/mol. The standard InChI is InChI=1S/C9H16N2O3/c1-9(2-4-14-5-3-9)11-8(13)6-10-7-12/h7H,2-6H2,1H3,(H,10,12)(H,11,13). The molecular weight excluding hydrogens is 184 g/mol. The summed E-state index contributed by atoms with van der Waals surface area (Å²) in [5.74, 6) is -0.151. The second-order valence-electron chi connectivity index (χ2n) is 3.72. The molecule has 0 unspecified atom stereocenters. The van der Waals surface area contributed by atoms with Crippen molar-refractivity contribution in [2.24, 2.45) is 0 Å². The van der Waals surface area contributed by atoms with Gasteiger partial charge in [0.1, 0.15) is 0 Å². The summed E-state index contributed by atoms with van der Waals surface area (Å²) in [6, 6.07) is 0. The van der Waals surface area contributed by atoms with Crippen LogP contribution in [-0.2, 0) is 14.3 Å². The SMILES string of the molecule is CC1(NC(=O)CNC=O)CCOCC1. The molecule has 1 aliphatic rings. The predicted octanol–water partition coefficient (Wildman–Crippen LogP) is -0.582. The molecule has 1 fully saturated rings. The molecule has 5 nitrogen and oxygen atoms in total. The summed E-state index contributed by atoms with van der Waals surface area (Å²) < 4.78 is 5.20. The van der Waals surface area contributed by atoms with Gasteiger partial charge in [-0.25, -0.2) is 0 Å². The van der Waals surface area contributed by atoms with Crippen LogP contribution in [0.2, 0.25) is 0 Å². The first-order valence-electron chi connectivity index (χ1n) is 4.72. The van der Waals surface area contributed by atoms with Crippen LogP contribution in [0.4, 0.5) is 0 Å². The number of rotatable bonds is 4. The number of ether oxygens (including phenoxy) is 1. The predicted molar refractivity (Wildman–Crippen MR) is 50.7 cm³/mol. The lowest BCUT2D eigenvalue weighted by atomic mass is 9.92. The number of hydrogen-bond donors (Lipinski definition) is 2. The highest BCUT2D eigenvalue weighted by Crippen LogP contribution is 2.19. The molecule has 5 heteroatoms. The van der Waals surface area contributed by atoms with Crippen LogP contribution < -0.4 is 10.6 Å². The number of carbonyl (C=O) groups excluding carboxylic acids is 2. The molecule has 0 atom stereocenters. The molecule has 0 aromatic heterocycles. The van der Waals surface area contributed by atoms with Gasteiger partial charge in [-0.1, -0.05) is 0 Å². The lowest BCUT2D eigenvalue weighted by molar-refractivity contribution is -0.124. The molecule has 80 valence electrons. The Morgan fingerprint density at radius 2 is 2.14 bits per heavy atom. The number of hydrogen-bond acceptors (Lipinski definition) is 3. The van der Waals surface area contributed by atoms with Crippen LogP contribution in [0.3, 0.4) is 0 Å². The fraction of sp³-hybridized carbons (Fsp3) is 0.778. The molecule has 1 aliphatic heterocycles. The number of amides is 2. The molecule has 2 amide bonds. The van der Waals surface area contributed by atoms with Crippen molar-refractivity contribution in [2.45, 2.75) is 25.3 Å². The molecule has 1 saturated heterocycles. The van der Waals surface area contributed by atoms with Crippen LogP contribution in [0.1, 0.15) is 19.8 Å². The van der Waals surface area contributed by atoms with Gasteiger partial charge in [-0.15, -0.1) is 0 Å². The van der Waals surface area contributed by atoms with E-state index in [0.29, 0.717) is 19.6 Å². The molecule has 14 heavy (non-hydrogen) atoms. The zero-order valence-electron chi connectivity index (χ0n) is 8.34. The van der Waals surface area contributed by atoms with E-state index >= 15 is 0 Å². The summed E-state index contributed by atoms with van der Waals surface area (Å²) in [7, 11) is 0. The molecule has 0 aliphatic carbocycles. The first-order valence-corrected chi connectivity index (χ1v) is 4.72. The van der Waals surface area contributed by atoms with E-state index < -0.39 is 0 Å². The Hall–Kier alpha value is -1.10. The van der Waals surface area contributed by atoms with Gasteiger partial charge < -0.3 is 15.4 Å². The van der Waals surface area contributed by atoms with Crippen LogP contribution in [-0.4, -0.2) is 37.6 Å². The van der Waals surface area contributed by atoms with E-state index in [9.17, 15) is 9.59 Å². The number of nitrogens with one attached hydrogen (secondary N) is 2. The summed E-state index contributed by atoms with van der Waals surface area (Å²) in [6.07, 6.45) is 2.16. The molecule has 1 rings (SSSR count). The molecule has 0 bridgehead atoms. The highest BCUT2D eigenvalue weighted by molar-refractivity contribution is 5.80. The normalized spacial score (nSPS) is 19.8. The Kier molecular flexibility index (Phi) is 3.88.